The molecule has 82 valence electrons. The van der Waals surface area contributed by atoms with Crippen LogP contribution >= 0.6 is 0 Å². The second-order valence-electron chi connectivity index (χ2n) is 4.77. The number of hydrogen-bond acceptors (Lipinski definition) is 2. The largest absolute Gasteiger partial charge is 0.351 e. The molecule has 0 aromatic heterocycles. The van der Waals surface area contributed by atoms with Crippen LogP contribution in [0.1, 0.15) is 27.7 Å². The topological polar surface area (TPSA) is 41.1 Å². The summed E-state index contributed by atoms with van der Waals surface area (Å²) in [5, 5.41) is 6.04. The molecule has 0 saturated carbocycles. The zero-order valence-electron chi connectivity index (χ0n) is 9.74. The first-order valence-electron chi connectivity index (χ1n) is 4.97. The number of hydrogen-bond donors (Lipinski definition) is 2. The normalized spacial score (nSPS) is 11.1. The van der Waals surface area contributed by atoms with Gasteiger partial charge >= 0.3 is 0 Å². The van der Waals surface area contributed by atoms with Gasteiger partial charge < -0.3 is 10.6 Å². The van der Waals surface area contributed by atoms with Gasteiger partial charge in [-0.25, -0.2) is 0 Å². The Morgan fingerprint density at radius 3 is 2.29 bits per heavy atom. The minimum atomic E-state index is -0.0671. The zero-order chi connectivity index (χ0) is 11.2. The minimum absolute atomic E-state index is 0.0671. The fourth-order valence-electron chi connectivity index (χ4n) is 0.879. The van der Waals surface area contributed by atoms with Gasteiger partial charge in [-0.1, -0.05) is 27.4 Å². The van der Waals surface area contributed by atoms with Crippen LogP contribution in [0.5, 0.6) is 0 Å². The number of carbonyl (C=O) groups is 1. The van der Waals surface area contributed by atoms with Crippen molar-refractivity contribution in [2.24, 2.45) is 5.41 Å². The molecule has 0 atom stereocenters. The molecule has 0 aliphatic carbocycles. The highest BCUT2D eigenvalue weighted by Crippen LogP contribution is 2.09. The number of amides is 1. The fraction of sp³-hybridized carbons (Fsp3) is 0.727. The highest BCUT2D eigenvalue weighted by atomic mass is 16.1. The Morgan fingerprint density at radius 1 is 1.29 bits per heavy atom. The van der Waals surface area contributed by atoms with Crippen LogP contribution in [-0.2, 0) is 4.79 Å². The molecule has 14 heavy (non-hydrogen) atoms. The molecule has 0 unspecified atom stereocenters. The van der Waals surface area contributed by atoms with Gasteiger partial charge in [-0.3, -0.25) is 4.79 Å². The molecule has 0 heterocycles. The fourth-order valence-corrected chi connectivity index (χ4v) is 0.879. The van der Waals surface area contributed by atoms with E-state index in [4.69, 9.17) is 0 Å². The van der Waals surface area contributed by atoms with Crippen molar-refractivity contribution in [3.8, 4) is 0 Å². The molecule has 0 aliphatic heterocycles. The molecule has 3 nitrogen and oxygen atoms in total. The Kier molecular flexibility index (Phi) is 5.46. The maximum Gasteiger partial charge on any atom is 0.246 e. The monoisotopic (exact) mass is 198 g/mol. The second kappa shape index (κ2) is 5.81. The highest BCUT2D eigenvalue weighted by Gasteiger charge is 2.08. The lowest BCUT2D eigenvalue weighted by atomic mass is 9.97. The number of rotatable bonds is 5. The van der Waals surface area contributed by atoms with Crippen LogP contribution in [0.2, 0.25) is 0 Å². The molecular formula is C11H22N2O. The Bertz CT molecular complexity index is 204. The molecule has 0 aromatic rings. The lowest BCUT2D eigenvalue weighted by Gasteiger charge is -2.18. The summed E-state index contributed by atoms with van der Waals surface area (Å²) in [4.78, 5) is 11.1. The zero-order valence-corrected chi connectivity index (χ0v) is 9.74. The first-order valence-corrected chi connectivity index (χ1v) is 4.97. The van der Waals surface area contributed by atoms with Crippen molar-refractivity contribution in [1.82, 2.24) is 10.6 Å². The Hall–Kier alpha value is -0.830. The predicted octanol–water partition coefficient (Wildman–Crippen LogP) is 1.31. The summed E-state index contributed by atoms with van der Waals surface area (Å²) >= 11 is 0. The number of carbonyl (C=O) groups excluding carboxylic acids is 1. The van der Waals surface area contributed by atoms with Crippen LogP contribution in [-0.4, -0.2) is 25.5 Å². The maximum absolute atomic E-state index is 11.1. The van der Waals surface area contributed by atoms with Gasteiger partial charge in [0.05, 0.1) is 0 Å². The molecule has 0 fully saturated rings. The summed E-state index contributed by atoms with van der Waals surface area (Å²) in [5.74, 6) is -0.0671. The van der Waals surface area contributed by atoms with Gasteiger partial charge in [0.2, 0.25) is 5.91 Å². The summed E-state index contributed by atoms with van der Waals surface area (Å²) in [6, 6.07) is 0. The molecule has 3 heteroatoms. The Labute approximate surface area is 87.0 Å². The van der Waals surface area contributed by atoms with E-state index in [1.54, 1.807) is 6.92 Å². The molecule has 0 rings (SSSR count). The van der Waals surface area contributed by atoms with E-state index in [1.165, 1.54) is 0 Å². The molecule has 0 bridgehead atoms. The van der Waals surface area contributed by atoms with Crippen molar-refractivity contribution < 1.29 is 4.79 Å². The SMILES string of the molecule is C=C(C)C(=O)NCCNCC(C)(C)C. The number of nitrogens with one attached hydrogen (secondary N) is 2. The van der Waals surface area contributed by atoms with Crippen LogP contribution in [0.25, 0.3) is 0 Å². The van der Waals surface area contributed by atoms with E-state index in [1.807, 2.05) is 0 Å². The van der Waals surface area contributed by atoms with E-state index in [0.29, 0.717) is 17.5 Å². The van der Waals surface area contributed by atoms with E-state index in [9.17, 15) is 4.79 Å². The molecule has 0 aliphatic rings. The van der Waals surface area contributed by atoms with Crippen molar-refractivity contribution in [3.63, 3.8) is 0 Å². The third kappa shape index (κ3) is 7.80. The average Bonchev–Trinajstić information content (AvgIpc) is 2.01. The quantitative estimate of drug-likeness (QED) is 0.516. The highest BCUT2D eigenvalue weighted by molar-refractivity contribution is 5.92. The van der Waals surface area contributed by atoms with E-state index < -0.39 is 0 Å². The van der Waals surface area contributed by atoms with E-state index >= 15 is 0 Å². The van der Waals surface area contributed by atoms with Gasteiger partial charge in [-0.05, 0) is 12.3 Å². The van der Waals surface area contributed by atoms with Crippen LogP contribution in [0.15, 0.2) is 12.2 Å². The van der Waals surface area contributed by atoms with Crippen LogP contribution < -0.4 is 10.6 Å². The van der Waals surface area contributed by atoms with Gasteiger partial charge in [0.1, 0.15) is 0 Å². The van der Waals surface area contributed by atoms with Gasteiger partial charge in [-0.15, -0.1) is 0 Å². The van der Waals surface area contributed by atoms with E-state index in [-0.39, 0.29) is 5.91 Å². The summed E-state index contributed by atoms with van der Waals surface area (Å²) in [7, 11) is 0. The lowest BCUT2D eigenvalue weighted by Crippen LogP contribution is -2.35. The maximum atomic E-state index is 11.1. The van der Waals surface area contributed by atoms with Crippen LogP contribution in [0.3, 0.4) is 0 Å². The first kappa shape index (κ1) is 13.2. The third-order valence-electron chi connectivity index (χ3n) is 1.63. The summed E-state index contributed by atoms with van der Waals surface area (Å²) in [6.45, 7) is 14.2. The molecule has 0 aromatic carbocycles. The molecule has 0 spiro atoms. The summed E-state index contributed by atoms with van der Waals surface area (Å²) in [6.07, 6.45) is 0. The molecule has 1 amide bonds. The Balaban J connectivity index is 3.39. The molecular weight excluding hydrogens is 176 g/mol. The van der Waals surface area contributed by atoms with Crippen molar-refractivity contribution >= 4 is 5.91 Å². The van der Waals surface area contributed by atoms with Crippen molar-refractivity contribution in [2.75, 3.05) is 19.6 Å². The predicted molar refractivity (Wildman–Crippen MR) is 60.1 cm³/mol. The van der Waals surface area contributed by atoms with Gasteiger partial charge in [0, 0.05) is 25.2 Å². The van der Waals surface area contributed by atoms with Gasteiger partial charge in [-0.2, -0.15) is 0 Å². The molecule has 0 radical (unpaired) electrons. The first-order chi connectivity index (χ1) is 6.33. The van der Waals surface area contributed by atoms with Gasteiger partial charge in [0.15, 0.2) is 0 Å². The van der Waals surface area contributed by atoms with Gasteiger partial charge in [0.25, 0.3) is 0 Å². The van der Waals surface area contributed by atoms with Crippen LogP contribution in [0.4, 0.5) is 0 Å². The molecule has 2 N–H and O–H groups in total. The van der Waals surface area contributed by atoms with Crippen molar-refractivity contribution in [3.05, 3.63) is 12.2 Å². The third-order valence-corrected chi connectivity index (χ3v) is 1.63. The summed E-state index contributed by atoms with van der Waals surface area (Å²) < 4.78 is 0. The second-order valence-corrected chi connectivity index (χ2v) is 4.77. The standard InChI is InChI=1S/C11H22N2O/c1-9(2)10(14)13-7-6-12-8-11(3,4)5/h12H,1,6-8H2,2-5H3,(H,13,14). The minimum Gasteiger partial charge on any atom is -0.351 e. The Morgan fingerprint density at radius 2 is 1.86 bits per heavy atom. The van der Waals surface area contributed by atoms with Crippen molar-refractivity contribution in [2.45, 2.75) is 27.7 Å². The van der Waals surface area contributed by atoms with Crippen molar-refractivity contribution in [1.29, 1.82) is 0 Å². The average molecular weight is 198 g/mol. The lowest BCUT2D eigenvalue weighted by molar-refractivity contribution is -0.117. The van der Waals surface area contributed by atoms with Crippen LogP contribution in [0, 0.1) is 5.41 Å². The van der Waals surface area contributed by atoms with E-state index in [0.717, 1.165) is 13.1 Å². The molecule has 0 saturated heterocycles. The summed E-state index contributed by atoms with van der Waals surface area (Å²) in [5.41, 5.74) is 0.846. The smallest absolute Gasteiger partial charge is 0.246 e. The van der Waals surface area contributed by atoms with E-state index in [2.05, 4.69) is 38.0 Å².